The molecule has 1 N–H and O–H groups in total. The molecule has 0 saturated carbocycles. The normalized spacial score (nSPS) is 12.9. The Morgan fingerprint density at radius 2 is 1.43 bits per heavy atom. The number of alkyl halides is 3. The van der Waals surface area contributed by atoms with Crippen molar-refractivity contribution in [2.75, 3.05) is 26.1 Å². The summed E-state index contributed by atoms with van der Waals surface area (Å²) < 4.78 is 54.0. The fraction of sp³-hybridized carbons (Fsp3) is 0.387. The number of hydrogen-bond donors (Lipinski definition) is 1. The van der Waals surface area contributed by atoms with Crippen LogP contribution in [0, 0.1) is 0 Å². The van der Waals surface area contributed by atoms with E-state index in [1.54, 1.807) is 11.8 Å². The maximum absolute atomic E-state index is 12.6. The third kappa shape index (κ3) is 10.8. The Bertz CT molecular complexity index is 1140. The molecule has 0 spiro atoms. The van der Waals surface area contributed by atoms with Crippen LogP contribution in [-0.4, -0.2) is 43.3 Å². The summed E-state index contributed by atoms with van der Waals surface area (Å²) in [5.41, 5.74) is 2.26. The van der Waals surface area contributed by atoms with E-state index in [2.05, 4.69) is 24.3 Å². The van der Waals surface area contributed by atoms with Crippen molar-refractivity contribution in [1.82, 2.24) is 0 Å². The van der Waals surface area contributed by atoms with Crippen molar-refractivity contribution >= 4 is 17.7 Å². The van der Waals surface area contributed by atoms with E-state index in [0.717, 1.165) is 25.0 Å². The van der Waals surface area contributed by atoms with Gasteiger partial charge in [0, 0.05) is 17.4 Å². The number of ether oxygens (including phenoxy) is 3. The van der Waals surface area contributed by atoms with E-state index < -0.39 is 12.3 Å². The first-order chi connectivity index (χ1) is 19.3. The molecule has 9 heteroatoms. The van der Waals surface area contributed by atoms with Gasteiger partial charge in [0.15, 0.2) is 6.10 Å². The molecule has 2 unspecified atom stereocenters. The van der Waals surface area contributed by atoms with E-state index in [-0.39, 0.29) is 16.8 Å². The molecule has 2 atom stereocenters. The summed E-state index contributed by atoms with van der Waals surface area (Å²) >= 11 is 1.76. The predicted octanol–water partition coefficient (Wildman–Crippen LogP) is 7.49. The predicted molar refractivity (Wildman–Crippen MR) is 151 cm³/mol. The lowest BCUT2D eigenvalue weighted by atomic mass is 10.0. The van der Waals surface area contributed by atoms with Crippen molar-refractivity contribution in [3.63, 3.8) is 0 Å². The number of carbonyl (C=O) groups excluding carboxylic acids is 1. The molecule has 0 aromatic heterocycles. The van der Waals surface area contributed by atoms with Crippen molar-refractivity contribution in [3.8, 4) is 11.5 Å². The Hall–Kier alpha value is -3.17. The SMILES string of the molecule is COC(=O)CCSC(CCCc1ccccc1)c1ccc(OCCCOc2ccc(C(O)C(F)(F)F)cc2)cc1. The summed E-state index contributed by atoms with van der Waals surface area (Å²) in [4.78, 5) is 11.6. The highest BCUT2D eigenvalue weighted by atomic mass is 32.2. The second-order valence-corrected chi connectivity index (χ2v) is 10.5. The van der Waals surface area contributed by atoms with Gasteiger partial charge in [-0.2, -0.15) is 24.9 Å². The Morgan fingerprint density at radius 3 is 1.98 bits per heavy atom. The van der Waals surface area contributed by atoms with Crippen LogP contribution < -0.4 is 9.47 Å². The maximum Gasteiger partial charge on any atom is 0.418 e. The van der Waals surface area contributed by atoms with Gasteiger partial charge in [-0.1, -0.05) is 54.6 Å². The first-order valence-corrected chi connectivity index (χ1v) is 14.2. The van der Waals surface area contributed by atoms with Crippen LogP contribution in [-0.2, 0) is 16.0 Å². The van der Waals surface area contributed by atoms with Crippen molar-refractivity contribution in [2.24, 2.45) is 0 Å². The minimum Gasteiger partial charge on any atom is -0.493 e. The number of methoxy groups -OCH3 is 1. The average molecular weight is 577 g/mol. The zero-order valence-electron chi connectivity index (χ0n) is 22.4. The summed E-state index contributed by atoms with van der Waals surface area (Å²) in [6.45, 7) is 0.748. The van der Waals surface area contributed by atoms with Crippen LogP contribution in [0.15, 0.2) is 78.9 Å². The van der Waals surface area contributed by atoms with E-state index in [0.29, 0.717) is 37.6 Å². The van der Waals surface area contributed by atoms with Crippen molar-refractivity contribution < 1.29 is 37.3 Å². The second-order valence-electron chi connectivity index (χ2n) is 9.20. The summed E-state index contributed by atoms with van der Waals surface area (Å²) in [6, 6.07) is 23.6. The molecule has 0 aliphatic rings. The fourth-order valence-electron chi connectivity index (χ4n) is 4.02. The smallest absolute Gasteiger partial charge is 0.418 e. The zero-order valence-corrected chi connectivity index (χ0v) is 23.3. The first-order valence-electron chi connectivity index (χ1n) is 13.2. The van der Waals surface area contributed by atoms with Gasteiger partial charge >= 0.3 is 12.1 Å². The minimum atomic E-state index is -4.70. The maximum atomic E-state index is 12.6. The largest absolute Gasteiger partial charge is 0.493 e. The Kier molecular flexibility index (Phi) is 12.7. The van der Waals surface area contributed by atoms with Crippen LogP contribution in [0.25, 0.3) is 0 Å². The molecule has 216 valence electrons. The second kappa shape index (κ2) is 16.2. The number of hydrogen-bond acceptors (Lipinski definition) is 6. The van der Waals surface area contributed by atoms with Crippen molar-refractivity contribution in [1.29, 1.82) is 0 Å². The van der Waals surface area contributed by atoms with Gasteiger partial charge in [-0.25, -0.2) is 0 Å². The zero-order chi connectivity index (χ0) is 28.8. The number of halogens is 3. The van der Waals surface area contributed by atoms with Crippen molar-refractivity contribution in [3.05, 3.63) is 95.6 Å². The molecule has 0 fully saturated rings. The minimum absolute atomic E-state index is 0.208. The number of esters is 1. The number of benzene rings is 3. The van der Waals surface area contributed by atoms with Gasteiger partial charge in [-0.15, -0.1) is 0 Å². The molecule has 0 aliphatic heterocycles. The van der Waals surface area contributed by atoms with Crippen LogP contribution >= 0.6 is 11.8 Å². The lowest BCUT2D eigenvalue weighted by Gasteiger charge is -2.18. The molecule has 0 saturated heterocycles. The van der Waals surface area contributed by atoms with Crippen LogP contribution in [0.2, 0.25) is 0 Å². The van der Waals surface area contributed by atoms with E-state index in [9.17, 15) is 23.1 Å². The molecule has 40 heavy (non-hydrogen) atoms. The molecule has 0 heterocycles. The fourth-order valence-corrected chi connectivity index (χ4v) is 5.27. The Balaban J connectivity index is 1.44. The standard InChI is InChI=1S/C31H35F3O5S/c1-37-29(35)19-22-40-28(10-5-9-23-7-3-2-4-8-23)24-11-15-26(16-12-24)38-20-6-21-39-27-17-13-25(14-18-27)30(36)31(32,33)34/h2-4,7-8,11-18,28,30,36H,5-6,9-10,19-22H2,1H3. The average Bonchev–Trinajstić information content (AvgIpc) is 2.96. The number of aliphatic hydroxyl groups excluding tert-OH is 1. The van der Waals surface area contributed by atoms with Gasteiger partial charge in [-0.3, -0.25) is 4.79 Å². The summed E-state index contributed by atoms with van der Waals surface area (Å²) in [5, 5.41) is 9.55. The van der Waals surface area contributed by atoms with Crippen LogP contribution in [0.1, 0.15) is 53.7 Å². The third-order valence-electron chi connectivity index (χ3n) is 6.21. The Morgan fingerprint density at radius 1 is 0.850 bits per heavy atom. The van der Waals surface area contributed by atoms with E-state index >= 15 is 0 Å². The van der Waals surface area contributed by atoms with E-state index in [4.69, 9.17) is 14.2 Å². The molecule has 3 aromatic carbocycles. The quantitative estimate of drug-likeness (QED) is 0.141. The number of rotatable bonds is 16. The molecule has 0 bridgehead atoms. The lowest BCUT2D eigenvalue weighted by molar-refractivity contribution is -0.206. The number of thioether (sulfide) groups is 1. The third-order valence-corrected chi connectivity index (χ3v) is 7.56. The summed E-state index contributed by atoms with van der Waals surface area (Å²) in [6.07, 6.45) is -3.25. The van der Waals surface area contributed by atoms with Crippen molar-refractivity contribution in [2.45, 2.75) is 49.6 Å². The molecule has 3 rings (SSSR count). The molecule has 3 aromatic rings. The van der Waals surface area contributed by atoms with Gasteiger partial charge in [-0.05, 0) is 60.2 Å². The van der Waals surface area contributed by atoms with E-state index in [1.165, 1.54) is 42.5 Å². The summed E-state index contributed by atoms with van der Waals surface area (Å²) in [7, 11) is 1.40. The number of carbonyl (C=O) groups is 1. The molecular weight excluding hydrogens is 541 g/mol. The van der Waals surface area contributed by atoms with Crippen LogP contribution in [0.5, 0.6) is 11.5 Å². The van der Waals surface area contributed by atoms with Gasteiger partial charge in [0.1, 0.15) is 11.5 Å². The molecule has 0 radical (unpaired) electrons. The van der Waals surface area contributed by atoms with Crippen LogP contribution in [0.4, 0.5) is 13.2 Å². The molecular formula is C31H35F3O5S. The van der Waals surface area contributed by atoms with E-state index in [1.807, 2.05) is 30.3 Å². The monoisotopic (exact) mass is 576 g/mol. The highest BCUT2D eigenvalue weighted by molar-refractivity contribution is 7.99. The molecule has 0 aliphatic carbocycles. The molecule has 0 amide bonds. The summed E-state index contributed by atoms with van der Waals surface area (Å²) in [5.74, 6) is 1.63. The van der Waals surface area contributed by atoms with Crippen LogP contribution in [0.3, 0.4) is 0 Å². The van der Waals surface area contributed by atoms with Gasteiger partial charge < -0.3 is 19.3 Å². The van der Waals surface area contributed by atoms with Gasteiger partial charge in [0.2, 0.25) is 0 Å². The number of aliphatic hydroxyl groups is 1. The highest BCUT2D eigenvalue weighted by Gasteiger charge is 2.39. The lowest BCUT2D eigenvalue weighted by Crippen LogP contribution is -2.20. The Labute approximate surface area is 237 Å². The topological polar surface area (TPSA) is 65.0 Å². The van der Waals surface area contributed by atoms with Gasteiger partial charge in [0.05, 0.1) is 26.7 Å². The van der Waals surface area contributed by atoms with Gasteiger partial charge in [0.25, 0.3) is 0 Å². The highest BCUT2D eigenvalue weighted by Crippen LogP contribution is 2.35. The first kappa shape index (κ1) is 31.4. The molecule has 5 nitrogen and oxygen atoms in total. The number of aryl methyl sites for hydroxylation is 1.